The van der Waals surface area contributed by atoms with Crippen LogP contribution in [0.15, 0.2) is 30.3 Å². The van der Waals surface area contributed by atoms with Gasteiger partial charge in [-0.05, 0) is 24.3 Å². The van der Waals surface area contributed by atoms with E-state index >= 15 is 0 Å². The van der Waals surface area contributed by atoms with Crippen LogP contribution < -0.4 is 5.32 Å². The summed E-state index contributed by atoms with van der Waals surface area (Å²) in [5.74, 6) is 0.330. The van der Waals surface area contributed by atoms with Gasteiger partial charge in [0.05, 0.1) is 25.2 Å². The number of nitrogens with one attached hydrogen (secondary N) is 1. The second-order valence-corrected chi connectivity index (χ2v) is 7.33. The predicted molar refractivity (Wildman–Crippen MR) is 97.1 cm³/mol. The Morgan fingerprint density at radius 3 is 2.80 bits per heavy atom. The van der Waals surface area contributed by atoms with Crippen LogP contribution in [0.3, 0.4) is 0 Å². The summed E-state index contributed by atoms with van der Waals surface area (Å²) in [6.45, 7) is 3.59. The van der Waals surface area contributed by atoms with E-state index in [1.54, 1.807) is 0 Å². The molecule has 2 fully saturated rings. The highest BCUT2D eigenvalue weighted by Gasteiger charge is 2.25. The van der Waals surface area contributed by atoms with Gasteiger partial charge >= 0.3 is 0 Å². The standard InChI is InChI=1S/C20H30N2O3/c23-19(17-8-4-5-9-17)13-21-20(24)12-18-15-22(10-11-25-18)14-16-6-2-1-3-7-16/h1-3,6-7,17-19,23H,4-5,8-15H2,(H,21,24)/t18-,19+/m0/s1. The zero-order valence-electron chi connectivity index (χ0n) is 14.9. The molecule has 1 amide bonds. The van der Waals surface area contributed by atoms with Crippen molar-refractivity contribution in [3.8, 4) is 0 Å². The molecule has 1 aromatic carbocycles. The maximum Gasteiger partial charge on any atom is 0.222 e. The first-order chi connectivity index (χ1) is 12.2. The SMILES string of the molecule is O=C(C[C@H]1CN(Cc2ccccc2)CCO1)NC[C@@H](O)C1CCCC1. The molecule has 1 saturated heterocycles. The average molecular weight is 346 g/mol. The van der Waals surface area contributed by atoms with Gasteiger partial charge in [-0.25, -0.2) is 0 Å². The number of hydrogen-bond donors (Lipinski definition) is 2. The van der Waals surface area contributed by atoms with Gasteiger partial charge in [0.1, 0.15) is 0 Å². The molecule has 0 aromatic heterocycles. The zero-order chi connectivity index (χ0) is 17.5. The van der Waals surface area contributed by atoms with Gasteiger partial charge in [0.15, 0.2) is 0 Å². The fourth-order valence-electron chi connectivity index (χ4n) is 3.90. The molecular formula is C20H30N2O3. The van der Waals surface area contributed by atoms with Crippen LogP contribution in [0.2, 0.25) is 0 Å². The number of amides is 1. The van der Waals surface area contributed by atoms with Crippen LogP contribution in [0.1, 0.15) is 37.7 Å². The second kappa shape index (κ2) is 9.32. The second-order valence-electron chi connectivity index (χ2n) is 7.33. The highest BCUT2D eigenvalue weighted by molar-refractivity contribution is 5.76. The van der Waals surface area contributed by atoms with Crippen molar-refractivity contribution < 1.29 is 14.6 Å². The summed E-state index contributed by atoms with van der Waals surface area (Å²) in [5, 5.41) is 13.0. The molecule has 1 saturated carbocycles. The Morgan fingerprint density at radius 2 is 2.04 bits per heavy atom. The summed E-state index contributed by atoms with van der Waals surface area (Å²) in [6, 6.07) is 10.4. The van der Waals surface area contributed by atoms with Crippen LogP contribution in [-0.2, 0) is 16.1 Å². The van der Waals surface area contributed by atoms with Crippen LogP contribution in [0.25, 0.3) is 0 Å². The minimum Gasteiger partial charge on any atom is -0.391 e. The summed E-state index contributed by atoms with van der Waals surface area (Å²) >= 11 is 0. The van der Waals surface area contributed by atoms with E-state index in [1.165, 1.54) is 18.4 Å². The molecule has 2 N–H and O–H groups in total. The first-order valence-electron chi connectivity index (χ1n) is 9.53. The van der Waals surface area contributed by atoms with Gasteiger partial charge < -0.3 is 15.2 Å². The largest absolute Gasteiger partial charge is 0.391 e. The molecule has 1 heterocycles. The number of aliphatic hydroxyl groups excluding tert-OH is 1. The molecule has 2 aliphatic rings. The third-order valence-electron chi connectivity index (χ3n) is 5.34. The third kappa shape index (κ3) is 5.80. The van der Waals surface area contributed by atoms with Crippen LogP contribution >= 0.6 is 0 Å². The molecule has 1 aliphatic heterocycles. The first kappa shape index (κ1) is 18.4. The van der Waals surface area contributed by atoms with E-state index in [0.29, 0.717) is 25.5 Å². The Labute approximate surface area is 150 Å². The lowest BCUT2D eigenvalue weighted by molar-refractivity contribution is -0.126. The molecule has 2 atom stereocenters. The predicted octanol–water partition coefficient (Wildman–Crippen LogP) is 1.94. The normalized spacial score (nSPS) is 23.5. The molecule has 5 nitrogen and oxygen atoms in total. The number of nitrogens with zero attached hydrogens (tertiary/aromatic N) is 1. The number of carbonyl (C=O) groups is 1. The molecular weight excluding hydrogens is 316 g/mol. The fourth-order valence-corrected chi connectivity index (χ4v) is 3.90. The minimum atomic E-state index is -0.409. The molecule has 0 bridgehead atoms. The average Bonchev–Trinajstić information content (AvgIpc) is 3.16. The fraction of sp³-hybridized carbons (Fsp3) is 0.650. The highest BCUT2D eigenvalue weighted by atomic mass is 16.5. The quantitative estimate of drug-likeness (QED) is 0.792. The maximum atomic E-state index is 12.2. The summed E-state index contributed by atoms with van der Waals surface area (Å²) in [6.07, 6.45) is 4.44. The Bertz CT molecular complexity index is 531. The Hall–Kier alpha value is -1.43. The van der Waals surface area contributed by atoms with E-state index < -0.39 is 6.10 Å². The van der Waals surface area contributed by atoms with Crippen LogP contribution in [0, 0.1) is 5.92 Å². The van der Waals surface area contributed by atoms with E-state index in [9.17, 15) is 9.90 Å². The Balaban J connectivity index is 1.38. The number of benzene rings is 1. The summed E-state index contributed by atoms with van der Waals surface area (Å²) in [7, 11) is 0. The summed E-state index contributed by atoms with van der Waals surface area (Å²) in [4.78, 5) is 14.5. The third-order valence-corrected chi connectivity index (χ3v) is 5.34. The molecule has 0 unspecified atom stereocenters. The van der Waals surface area contributed by atoms with E-state index in [2.05, 4.69) is 34.5 Å². The molecule has 1 aliphatic carbocycles. The molecule has 3 rings (SSSR count). The van der Waals surface area contributed by atoms with Crippen molar-refractivity contribution in [1.82, 2.24) is 10.2 Å². The monoisotopic (exact) mass is 346 g/mol. The molecule has 5 heteroatoms. The number of hydrogen-bond acceptors (Lipinski definition) is 4. The molecule has 138 valence electrons. The molecule has 0 radical (unpaired) electrons. The van der Waals surface area contributed by atoms with E-state index in [1.807, 2.05) is 6.07 Å². The highest BCUT2D eigenvalue weighted by Crippen LogP contribution is 2.27. The zero-order valence-corrected chi connectivity index (χ0v) is 14.9. The minimum absolute atomic E-state index is 0.0244. The van der Waals surface area contributed by atoms with Gasteiger partial charge in [-0.3, -0.25) is 9.69 Å². The Kier molecular flexibility index (Phi) is 6.84. The van der Waals surface area contributed by atoms with Gasteiger partial charge in [-0.2, -0.15) is 0 Å². The number of aliphatic hydroxyl groups is 1. The number of carbonyl (C=O) groups excluding carboxylic acids is 1. The van der Waals surface area contributed by atoms with Crippen LogP contribution in [0.5, 0.6) is 0 Å². The van der Waals surface area contributed by atoms with Gasteiger partial charge in [0, 0.05) is 26.2 Å². The lowest BCUT2D eigenvalue weighted by Crippen LogP contribution is -2.45. The number of morpholine rings is 1. The lowest BCUT2D eigenvalue weighted by atomic mass is 10.0. The topological polar surface area (TPSA) is 61.8 Å². The molecule has 0 spiro atoms. The van der Waals surface area contributed by atoms with Crippen molar-refractivity contribution in [2.45, 2.75) is 50.9 Å². The van der Waals surface area contributed by atoms with E-state index in [4.69, 9.17) is 4.74 Å². The first-order valence-corrected chi connectivity index (χ1v) is 9.53. The van der Waals surface area contributed by atoms with Gasteiger partial charge in [-0.1, -0.05) is 43.2 Å². The van der Waals surface area contributed by atoms with Gasteiger partial charge in [0.25, 0.3) is 0 Å². The van der Waals surface area contributed by atoms with Crippen molar-refractivity contribution >= 4 is 5.91 Å². The van der Waals surface area contributed by atoms with Crippen molar-refractivity contribution in [2.75, 3.05) is 26.2 Å². The molecule has 1 aromatic rings. The van der Waals surface area contributed by atoms with Crippen molar-refractivity contribution in [3.63, 3.8) is 0 Å². The van der Waals surface area contributed by atoms with Crippen LogP contribution in [0.4, 0.5) is 0 Å². The lowest BCUT2D eigenvalue weighted by Gasteiger charge is -2.32. The van der Waals surface area contributed by atoms with Crippen molar-refractivity contribution in [2.24, 2.45) is 5.92 Å². The van der Waals surface area contributed by atoms with E-state index in [0.717, 1.165) is 32.5 Å². The maximum absolute atomic E-state index is 12.2. The smallest absolute Gasteiger partial charge is 0.222 e. The Morgan fingerprint density at radius 1 is 1.28 bits per heavy atom. The van der Waals surface area contributed by atoms with Gasteiger partial charge in [0.2, 0.25) is 5.91 Å². The van der Waals surface area contributed by atoms with Crippen LogP contribution in [-0.4, -0.2) is 54.4 Å². The van der Waals surface area contributed by atoms with Crippen molar-refractivity contribution in [1.29, 1.82) is 0 Å². The number of ether oxygens (including phenoxy) is 1. The number of rotatable bonds is 7. The van der Waals surface area contributed by atoms with Crippen molar-refractivity contribution in [3.05, 3.63) is 35.9 Å². The van der Waals surface area contributed by atoms with E-state index in [-0.39, 0.29) is 12.0 Å². The molecule has 25 heavy (non-hydrogen) atoms. The van der Waals surface area contributed by atoms with Gasteiger partial charge in [-0.15, -0.1) is 0 Å². The summed E-state index contributed by atoms with van der Waals surface area (Å²) in [5.41, 5.74) is 1.28. The summed E-state index contributed by atoms with van der Waals surface area (Å²) < 4.78 is 5.76.